The number of carbonyl (C=O) groups excluding carboxylic acids is 1. The topological polar surface area (TPSA) is 64.7 Å². The number of nitrogens with zero attached hydrogens (tertiary/aromatic N) is 4. The Morgan fingerprint density at radius 2 is 2.03 bits per heavy atom. The molecule has 1 amide bonds. The van der Waals surface area contributed by atoms with Gasteiger partial charge in [0.05, 0.1) is 6.54 Å². The Morgan fingerprint density at radius 1 is 1.27 bits per heavy atom. The van der Waals surface area contributed by atoms with Crippen LogP contribution in [0.3, 0.4) is 0 Å². The largest absolute Gasteiger partial charge is 0.308 e. The third kappa shape index (κ3) is 4.35. The first-order valence-electron chi connectivity index (χ1n) is 9.45. The average molecular weight is 438 g/mol. The SMILES string of the molecule is Cc1cc(NC(=O)Cn2nc(C(F)F)cc2C2CC2)nn1Cc1c(F)cccc1Cl. The number of hydrogen-bond acceptors (Lipinski definition) is 3. The van der Waals surface area contributed by atoms with Crippen LogP contribution in [0.2, 0.25) is 5.02 Å². The van der Waals surface area contributed by atoms with Crippen molar-refractivity contribution in [3.63, 3.8) is 0 Å². The number of nitrogens with one attached hydrogen (secondary N) is 1. The van der Waals surface area contributed by atoms with E-state index in [4.69, 9.17) is 11.6 Å². The maximum atomic E-state index is 14.0. The monoisotopic (exact) mass is 437 g/mol. The zero-order valence-electron chi connectivity index (χ0n) is 16.1. The summed E-state index contributed by atoms with van der Waals surface area (Å²) in [6, 6.07) is 7.44. The summed E-state index contributed by atoms with van der Waals surface area (Å²) >= 11 is 6.07. The molecule has 0 atom stereocenters. The van der Waals surface area contributed by atoms with Gasteiger partial charge in [-0.25, -0.2) is 13.2 Å². The average Bonchev–Trinajstić information content (AvgIpc) is 3.34. The van der Waals surface area contributed by atoms with Gasteiger partial charge in [0.15, 0.2) is 5.82 Å². The van der Waals surface area contributed by atoms with E-state index in [9.17, 15) is 18.0 Å². The van der Waals surface area contributed by atoms with Gasteiger partial charge in [0.1, 0.15) is 18.1 Å². The summed E-state index contributed by atoms with van der Waals surface area (Å²) < 4.78 is 42.9. The van der Waals surface area contributed by atoms with Crippen LogP contribution in [0.1, 0.15) is 47.8 Å². The quantitative estimate of drug-likeness (QED) is 0.583. The van der Waals surface area contributed by atoms with Gasteiger partial charge >= 0.3 is 0 Å². The molecule has 0 radical (unpaired) electrons. The van der Waals surface area contributed by atoms with Crippen LogP contribution in [-0.4, -0.2) is 25.5 Å². The van der Waals surface area contributed by atoms with Crippen LogP contribution in [0.4, 0.5) is 19.0 Å². The fourth-order valence-corrected chi connectivity index (χ4v) is 3.50. The van der Waals surface area contributed by atoms with Crippen molar-refractivity contribution in [1.29, 1.82) is 0 Å². The number of anilines is 1. The van der Waals surface area contributed by atoms with E-state index in [0.29, 0.717) is 17.0 Å². The Labute approximate surface area is 175 Å². The number of rotatable bonds is 7. The van der Waals surface area contributed by atoms with Gasteiger partial charge in [0.2, 0.25) is 5.91 Å². The molecule has 10 heteroatoms. The lowest BCUT2D eigenvalue weighted by atomic mass is 10.2. The first-order valence-corrected chi connectivity index (χ1v) is 9.82. The Balaban J connectivity index is 1.46. The first kappa shape index (κ1) is 20.5. The van der Waals surface area contributed by atoms with Crippen LogP contribution in [0.5, 0.6) is 0 Å². The zero-order valence-corrected chi connectivity index (χ0v) is 16.8. The van der Waals surface area contributed by atoms with Crippen molar-refractivity contribution in [3.8, 4) is 0 Å². The van der Waals surface area contributed by atoms with E-state index in [0.717, 1.165) is 12.8 Å². The molecule has 6 nitrogen and oxygen atoms in total. The van der Waals surface area contributed by atoms with Gasteiger partial charge in [0.25, 0.3) is 6.43 Å². The van der Waals surface area contributed by atoms with Crippen LogP contribution in [0, 0.1) is 12.7 Å². The van der Waals surface area contributed by atoms with Crippen molar-refractivity contribution in [2.24, 2.45) is 0 Å². The molecule has 0 saturated heterocycles. The van der Waals surface area contributed by atoms with Gasteiger partial charge in [0, 0.05) is 34.0 Å². The number of halogens is 4. The molecule has 1 aliphatic rings. The molecule has 1 fully saturated rings. The molecule has 1 aromatic carbocycles. The molecule has 1 aliphatic carbocycles. The van der Waals surface area contributed by atoms with Crippen LogP contribution in [0.15, 0.2) is 30.3 Å². The highest BCUT2D eigenvalue weighted by molar-refractivity contribution is 6.31. The van der Waals surface area contributed by atoms with E-state index in [-0.39, 0.29) is 35.5 Å². The predicted molar refractivity (Wildman–Crippen MR) is 105 cm³/mol. The highest BCUT2D eigenvalue weighted by Gasteiger charge is 2.30. The minimum absolute atomic E-state index is 0.107. The Bertz CT molecular complexity index is 1070. The maximum Gasteiger partial charge on any atom is 0.282 e. The second-order valence-electron chi connectivity index (χ2n) is 7.30. The summed E-state index contributed by atoms with van der Waals surface area (Å²) in [5, 5.41) is 11.1. The van der Waals surface area contributed by atoms with Gasteiger partial charge in [-0.3, -0.25) is 14.2 Å². The lowest BCUT2D eigenvalue weighted by Crippen LogP contribution is -2.21. The van der Waals surface area contributed by atoms with E-state index in [1.807, 2.05) is 0 Å². The maximum absolute atomic E-state index is 14.0. The molecule has 30 heavy (non-hydrogen) atoms. The molecule has 0 aliphatic heterocycles. The molecule has 1 N–H and O–H groups in total. The molecule has 158 valence electrons. The van der Waals surface area contributed by atoms with Gasteiger partial charge in [-0.1, -0.05) is 17.7 Å². The van der Waals surface area contributed by atoms with Crippen LogP contribution in [0.25, 0.3) is 0 Å². The molecular weight excluding hydrogens is 419 g/mol. The summed E-state index contributed by atoms with van der Waals surface area (Å²) in [6.07, 6.45) is -0.883. The van der Waals surface area contributed by atoms with Crippen molar-refractivity contribution in [2.45, 2.75) is 45.2 Å². The van der Waals surface area contributed by atoms with Gasteiger partial charge in [-0.2, -0.15) is 10.2 Å². The number of amides is 1. The molecule has 3 aromatic rings. The summed E-state index contributed by atoms with van der Waals surface area (Å²) in [4.78, 5) is 12.5. The van der Waals surface area contributed by atoms with E-state index >= 15 is 0 Å². The fraction of sp³-hybridized carbons (Fsp3) is 0.350. The van der Waals surface area contributed by atoms with Crippen LogP contribution >= 0.6 is 11.6 Å². The summed E-state index contributed by atoms with van der Waals surface area (Å²) in [6.45, 7) is 1.69. The minimum atomic E-state index is -2.68. The van der Waals surface area contributed by atoms with E-state index in [2.05, 4.69) is 15.5 Å². The standard InChI is InChI=1S/C20H19ClF3N5O/c1-11-7-18(27-28(11)9-13-14(21)3-2-4-15(13)22)25-19(30)10-29-17(12-5-6-12)8-16(26-29)20(23)24/h2-4,7-8,12,20H,5-6,9-10H2,1H3,(H,25,27,30). The third-order valence-electron chi connectivity index (χ3n) is 4.96. The number of aromatic nitrogens is 4. The molecule has 4 rings (SSSR count). The number of aryl methyl sites for hydroxylation is 1. The van der Waals surface area contributed by atoms with Gasteiger partial charge in [-0.05, 0) is 38.0 Å². The third-order valence-corrected chi connectivity index (χ3v) is 5.31. The second kappa shape index (κ2) is 8.14. The number of carbonyl (C=O) groups is 1. The Morgan fingerprint density at radius 3 is 2.70 bits per heavy atom. The van der Waals surface area contributed by atoms with Gasteiger partial charge in [-0.15, -0.1) is 0 Å². The predicted octanol–water partition coefficient (Wildman–Crippen LogP) is 4.68. The second-order valence-corrected chi connectivity index (χ2v) is 7.71. The molecule has 2 aromatic heterocycles. The summed E-state index contributed by atoms with van der Waals surface area (Å²) in [7, 11) is 0. The molecule has 2 heterocycles. The lowest BCUT2D eigenvalue weighted by Gasteiger charge is -2.08. The lowest BCUT2D eigenvalue weighted by molar-refractivity contribution is -0.117. The Hall–Kier alpha value is -2.81. The van der Waals surface area contributed by atoms with E-state index in [1.54, 1.807) is 19.1 Å². The molecule has 0 bridgehead atoms. The molecule has 0 spiro atoms. The number of benzene rings is 1. The van der Waals surface area contributed by atoms with Crippen LogP contribution < -0.4 is 5.32 Å². The van der Waals surface area contributed by atoms with Gasteiger partial charge < -0.3 is 5.32 Å². The van der Waals surface area contributed by atoms with Crippen molar-refractivity contribution in [3.05, 3.63) is 63.8 Å². The molecule has 1 saturated carbocycles. The number of alkyl halides is 2. The van der Waals surface area contributed by atoms with E-state index in [1.165, 1.54) is 27.6 Å². The normalized spacial score (nSPS) is 13.8. The highest BCUT2D eigenvalue weighted by atomic mass is 35.5. The minimum Gasteiger partial charge on any atom is -0.308 e. The Kier molecular flexibility index (Phi) is 5.55. The van der Waals surface area contributed by atoms with Crippen molar-refractivity contribution < 1.29 is 18.0 Å². The molecular formula is C20H19ClF3N5O. The van der Waals surface area contributed by atoms with E-state index < -0.39 is 18.1 Å². The van der Waals surface area contributed by atoms with Crippen molar-refractivity contribution >= 4 is 23.3 Å². The smallest absolute Gasteiger partial charge is 0.282 e. The number of hydrogen-bond donors (Lipinski definition) is 1. The summed E-state index contributed by atoms with van der Waals surface area (Å²) in [5.41, 5.74) is 1.32. The first-order chi connectivity index (χ1) is 14.3. The summed E-state index contributed by atoms with van der Waals surface area (Å²) in [5.74, 6) is -0.428. The van der Waals surface area contributed by atoms with Crippen molar-refractivity contribution in [1.82, 2.24) is 19.6 Å². The zero-order chi connectivity index (χ0) is 21.4. The molecule has 0 unspecified atom stereocenters. The van der Waals surface area contributed by atoms with Crippen LogP contribution in [-0.2, 0) is 17.9 Å². The van der Waals surface area contributed by atoms with Crippen molar-refractivity contribution in [2.75, 3.05) is 5.32 Å². The fourth-order valence-electron chi connectivity index (χ4n) is 3.28. The highest BCUT2D eigenvalue weighted by Crippen LogP contribution is 2.41.